The second-order valence-corrected chi connectivity index (χ2v) is 4.77. The molecular weight excluding hydrogens is 292 g/mol. The van der Waals surface area contributed by atoms with E-state index in [0.717, 1.165) is 6.42 Å². The predicted octanol–water partition coefficient (Wildman–Crippen LogP) is 0.909. The van der Waals surface area contributed by atoms with Gasteiger partial charge in [0.05, 0.1) is 13.1 Å². The highest BCUT2D eigenvalue weighted by atomic mass is 35.5. The largest absolute Gasteiger partial charge is 0.348 e. The lowest BCUT2D eigenvalue weighted by Gasteiger charge is -2.24. The molecule has 0 radical (unpaired) electrons. The van der Waals surface area contributed by atoms with Gasteiger partial charge in [0.2, 0.25) is 11.8 Å². The first-order valence-corrected chi connectivity index (χ1v) is 6.56. The molecule has 0 spiro atoms. The fourth-order valence-electron chi connectivity index (χ4n) is 2.10. The average molecular weight is 314 g/mol. The van der Waals surface area contributed by atoms with Crippen LogP contribution in [0.3, 0.4) is 0 Å². The molecule has 5 nitrogen and oxygen atoms in total. The van der Waals surface area contributed by atoms with Gasteiger partial charge in [-0.3, -0.25) is 9.59 Å². The minimum Gasteiger partial charge on any atom is -0.348 e. The van der Waals surface area contributed by atoms with Crippen LogP contribution in [0.2, 0.25) is 0 Å². The van der Waals surface area contributed by atoms with E-state index in [4.69, 9.17) is 5.73 Å². The van der Waals surface area contributed by atoms with Gasteiger partial charge in [0, 0.05) is 13.0 Å². The van der Waals surface area contributed by atoms with E-state index < -0.39 is 31.0 Å². The van der Waals surface area contributed by atoms with Crippen LogP contribution in [0.5, 0.6) is 0 Å². The molecule has 8 heteroatoms. The lowest BCUT2D eigenvalue weighted by molar-refractivity contribution is -0.139. The van der Waals surface area contributed by atoms with Crippen molar-refractivity contribution >= 4 is 24.2 Å². The second-order valence-electron chi connectivity index (χ2n) is 4.77. The molecule has 1 aliphatic rings. The summed E-state index contributed by atoms with van der Waals surface area (Å²) in [6.07, 6.45) is 2.33. The highest BCUT2D eigenvalue weighted by Crippen LogP contribution is 2.19. The van der Waals surface area contributed by atoms with Gasteiger partial charge < -0.3 is 16.0 Å². The van der Waals surface area contributed by atoms with Crippen molar-refractivity contribution in [2.24, 2.45) is 5.73 Å². The molecule has 1 atom stereocenters. The van der Waals surface area contributed by atoms with Crippen molar-refractivity contribution in [2.45, 2.75) is 44.6 Å². The lowest BCUT2D eigenvalue weighted by atomic mass is 10.2. The van der Waals surface area contributed by atoms with Crippen LogP contribution in [0.15, 0.2) is 0 Å². The van der Waals surface area contributed by atoms with Crippen LogP contribution in [0.25, 0.3) is 0 Å². The van der Waals surface area contributed by atoms with E-state index in [0.29, 0.717) is 25.8 Å². The van der Waals surface area contributed by atoms with Crippen molar-refractivity contribution in [3.63, 3.8) is 0 Å². The summed E-state index contributed by atoms with van der Waals surface area (Å²) in [4.78, 5) is 25.1. The number of nitrogens with zero attached hydrogens (tertiary/aromatic N) is 1. The van der Waals surface area contributed by atoms with E-state index in [1.165, 1.54) is 4.90 Å². The summed E-state index contributed by atoms with van der Waals surface area (Å²) in [5.74, 6) is -3.71. The zero-order valence-corrected chi connectivity index (χ0v) is 12.3. The van der Waals surface area contributed by atoms with Crippen molar-refractivity contribution in [1.29, 1.82) is 0 Å². The number of amides is 2. The fraction of sp³-hybridized carbons (Fsp3) is 0.833. The Morgan fingerprint density at radius 3 is 2.65 bits per heavy atom. The van der Waals surface area contributed by atoms with Gasteiger partial charge in [-0.1, -0.05) is 6.92 Å². The lowest BCUT2D eigenvalue weighted by Crippen LogP contribution is -2.49. The Kier molecular flexibility index (Phi) is 7.96. The van der Waals surface area contributed by atoms with Gasteiger partial charge in [-0.05, 0) is 19.3 Å². The standard InChI is InChI=1S/C12H21F2N3O2.ClH/c1-2-4-10(18)17-6-3-5-9(17)11(19)16-8-12(13,14)7-15;/h9H,2-8,15H2,1H3,(H,16,19);1H. The molecule has 0 saturated carbocycles. The number of alkyl halides is 2. The Labute approximate surface area is 123 Å². The topological polar surface area (TPSA) is 75.4 Å². The van der Waals surface area contributed by atoms with Crippen LogP contribution >= 0.6 is 12.4 Å². The van der Waals surface area contributed by atoms with Gasteiger partial charge >= 0.3 is 0 Å². The average Bonchev–Trinajstić information content (AvgIpc) is 2.85. The number of carbonyl (C=O) groups excluding carboxylic acids is 2. The number of hydrogen-bond acceptors (Lipinski definition) is 3. The van der Waals surface area contributed by atoms with Crippen molar-refractivity contribution in [1.82, 2.24) is 10.2 Å². The molecule has 1 heterocycles. The van der Waals surface area contributed by atoms with E-state index in [2.05, 4.69) is 5.32 Å². The molecule has 0 aliphatic carbocycles. The summed E-state index contributed by atoms with van der Waals surface area (Å²) in [7, 11) is 0. The quantitative estimate of drug-likeness (QED) is 0.765. The van der Waals surface area contributed by atoms with E-state index in [1.807, 2.05) is 6.92 Å². The summed E-state index contributed by atoms with van der Waals surface area (Å²) in [6.45, 7) is 0.806. The van der Waals surface area contributed by atoms with Crippen molar-refractivity contribution in [2.75, 3.05) is 19.6 Å². The maximum Gasteiger partial charge on any atom is 0.277 e. The first-order valence-electron chi connectivity index (χ1n) is 6.56. The highest BCUT2D eigenvalue weighted by Gasteiger charge is 2.35. The molecule has 1 rings (SSSR count). The normalized spacial score (nSPS) is 18.6. The van der Waals surface area contributed by atoms with E-state index >= 15 is 0 Å². The van der Waals surface area contributed by atoms with Gasteiger partial charge in [-0.25, -0.2) is 8.78 Å². The molecule has 0 bridgehead atoms. The SMILES string of the molecule is CCCC(=O)N1CCCC1C(=O)NCC(F)(F)CN.Cl. The summed E-state index contributed by atoms with van der Waals surface area (Å²) in [5, 5.41) is 2.18. The molecule has 1 aliphatic heterocycles. The first kappa shape index (κ1) is 19.1. The van der Waals surface area contributed by atoms with Gasteiger partial charge in [0.25, 0.3) is 5.92 Å². The van der Waals surface area contributed by atoms with Crippen molar-refractivity contribution < 1.29 is 18.4 Å². The van der Waals surface area contributed by atoms with E-state index in [-0.39, 0.29) is 18.3 Å². The zero-order valence-electron chi connectivity index (χ0n) is 11.5. The fourth-order valence-corrected chi connectivity index (χ4v) is 2.10. The smallest absolute Gasteiger partial charge is 0.277 e. The van der Waals surface area contributed by atoms with Gasteiger partial charge in [0.1, 0.15) is 6.04 Å². The molecular formula is C12H22ClF2N3O2. The molecule has 0 aromatic heterocycles. The molecule has 0 aromatic rings. The Morgan fingerprint density at radius 1 is 1.45 bits per heavy atom. The number of halogens is 3. The number of nitrogens with two attached hydrogens (primary N) is 1. The molecule has 1 saturated heterocycles. The Morgan fingerprint density at radius 2 is 2.10 bits per heavy atom. The Hall–Kier alpha value is -0.950. The summed E-state index contributed by atoms with van der Waals surface area (Å²) in [6, 6.07) is -0.618. The van der Waals surface area contributed by atoms with Crippen molar-refractivity contribution in [3.05, 3.63) is 0 Å². The number of likely N-dealkylation sites (tertiary alicyclic amines) is 1. The van der Waals surface area contributed by atoms with Crippen molar-refractivity contribution in [3.8, 4) is 0 Å². The minimum absolute atomic E-state index is 0. The van der Waals surface area contributed by atoms with Crippen LogP contribution in [0.4, 0.5) is 8.78 Å². The number of rotatable bonds is 6. The maximum absolute atomic E-state index is 13.0. The third-order valence-corrected chi connectivity index (χ3v) is 3.16. The molecule has 1 fully saturated rings. The van der Waals surface area contributed by atoms with E-state index in [1.54, 1.807) is 0 Å². The van der Waals surface area contributed by atoms with Crippen LogP contribution in [-0.2, 0) is 9.59 Å². The van der Waals surface area contributed by atoms with Crippen LogP contribution in [0, 0.1) is 0 Å². The molecule has 0 aromatic carbocycles. The maximum atomic E-state index is 13.0. The first-order chi connectivity index (χ1) is 8.91. The number of nitrogens with one attached hydrogen (secondary N) is 1. The monoisotopic (exact) mass is 313 g/mol. The summed E-state index contributed by atoms with van der Waals surface area (Å²) < 4.78 is 25.9. The van der Waals surface area contributed by atoms with Gasteiger partial charge in [-0.15, -0.1) is 12.4 Å². The molecule has 118 valence electrons. The minimum atomic E-state index is -3.10. The highest BCUT2D eigenvalue weighted by molar-refractivity contribution is 5.88. The number of hydrogen-bond donors (Lipinski definition) is 2. The zero-order chi connectivity index (χ0) is 14.5. The molecule has 2 amide bonds. The third kappa shape index (κ3) is 5.20. The number of carbonyl (C=O) groups is 2. The van der Waals surface area contributed by atoms with E-state index in [9.17, 15) is 18.4 Å². The van der Waals surface area contributed by atoms with Crippen LogP contribution in [-0.4, -0.2) is 48.3 Å². The molecule has 3 N–H and O–H groups in total. The van der Waals surface area contributed by atoms with Crippen LogP contribution < -0.4 is 11.1 Å². The summed E-state index contributed by atoms with van der Waals surface area (Å²) >= 11 is 0. The van der Waals surface area contributed by atoms with Gasteiger partial charge in [0.15, 0.2) is 0 Å². The Balaban J connectivity index is 0.00000361. The Bertz CT molecular complexity index is 343. The van der Waals surface area contributed by atoms with Crippen LogP contribution in [0.1, 0.15) is 32.6 Å². The third-order valence-electron chi connectivity index (χ3n) is 3.16. The second kappa shape index (κ2) is 8.36. The predicted molar refractivity (Wildman–Crippen MR) is 73.9 cm³/mol. The summed E-state index contributed by atoms with van der Waals surface area (Å²) in [5.41, 5.74) is 4.90. The van der Waals surface area contributed by atoms with Gasteiger partial charge in [-0.2, -0.15) is 0 Å². The molecule has 20 heavy (non-hydrogen) atoms. The molecule has 1 unspecified atom stereocenters.